The molecule has 0 unspecified atom stereocenters. The highest BCUT2D eigenvalue weighted by Gasteiger charge is 2.10. The third kappa shape index (κ3) is 3.70. The van der Waals surface area contributed by atoms with Crippen molar-refractivity contribution >= 4 is 49.5 Å². The first-order chi connectivity index (χ1) is 12.0. The summed E-state index contributed by atoms with van der Waals surface area (Å²) in [6, 6.07) is 10.4. The van der Waals surface area contributed by atoms with Crippen molar-refractivity contribution in [3.05, 3.63) is 62.6 Å². The fourth-order valence-electron chi connectivity index (χ4n) is 2.36. The molecule has 0 aliphatic carbocycles. The van der Waals surface area contributed by atoms with Gasteiger partial charge in [-0.15, -0.1) is 0 Å². The Morgan fingerprint density at radius 1 is 1.40 bits per heavy atom. The van der Waals surface area contributed by atoms with Crippen molar-refractivity contribution in [1.29, 1.82) is 0 Å². The predicted molar refractivity (Wildman–Crippen MR) is 103 cm³/mol. The maximum Gasteiger partial charge on any atom is 0.259 e. The second-order valence-electron chi connectivity index (χ2n) is 5.21. The fraction of sp³-hybridized carbons (Fsp3) is 0.111. The highest BCUT2D eigenvalue weighted by atomic mass is 79.9. The third-order valence-corrected chi connectivity index (χ3v) is 4.38. The second-order valence-corrected chi connectivity index (χ2v) is 6.47. The molecule has 0 saturated carbocycles. The first-order valence-electron chi connectivity index (χ1n) is 7.51. The van der Waals surface area contributed by atoms with Gasteiger partial charge in [0.05, 0.1) is 27.0 Å². The van der Waals surface area contributed by atoms with Crippen LogP contribution in [0.3, 0.4) is 0 Å². The molecule has 0 aliphatic rings. The summed E-state index contributed by atoms with van der Waals surface area (Å²) in [6.07, 6.45) is 1.64. The Hall–Kier alpha value is -2.31. The van der Waals surface area contributed by atoms with Crippen molar-refractivity contribution in [2.24, 2.45) is 0 Å². The number of ether oxygens (including phenoxy) is 1. The van der Waals surface area contributed by atoms with Crippen LogP contribution in [0.5, 0.6) is 11.5 Å². The molecule has 128 valence electrons. The first kappa shape index (κ1) is 17.5. The van der Waals surface area contributed by atoms with Crippen LogP contribution in [0, 0.1) is 0 Å². The predicted octanol–water partition coefficient (Wildman–Crippen LogP) is 4.53. The zero-order valence-electron chi connectivity index (χ0n) is 13.2. The van der Waals surface area contributed by atoms with Crippen molar-refractivity contribution < 1.29 is 9.84 Å². The summed E-state index contributed by atoms with van der Waals surface area (Å²) in [5, 5.41) is 10.7. The van der Waals surface area contributed by atoms with Crippen LogP contribution in [0.4, 0.5) is 0 Å². The summed E-state index contributed by atoms with van der Waals surface area (Å²) in [6.45, 7) is 2.24. The van der Waals surface area contributed by atoms with Crippen LogP contribution in [0.25, 0.3) is 22.0 Å². The van der Waals surface area contributed by atoms with E-state index in [-0.39, 0.29) is 22.2 Å². The maximum atomic E-state index is 12.2. The highest BCUT2D eigenvalue weighted by Crippen LogP contribution is 2.36. The lowest BCUT2D eigenvalue weighted by molar-refractivity contribution is 0.317. The molecule has 0 atom stereocenters. The fourth-order valence-corrected chi connectivity index (χ4v) is 3.03. The number of benzene rings is 2. The molecule has 1 aromatic heterocycles. The molecule has 2 N–H and O–H groups in total. The van der Waals surface area contributed by atoms with E-state index in [1.165, 1.54) is 0 Å². The van der Waals surface area contributed by atoms with E-state index in [0.29, 0.717) is 33.3 Å². The standard InChI is InChI=1S/C18H14BrClN2O3/c1-2-25-15-9-10(7-12(19)16(15)23)8-13(20)17-21-14-6-4-3-5-11(14)18(24)22-17/h3-9,23H,2H2,1H3,(H,21,22,24)/b13-8+. The summed E-state index contributed by atoms with van der Waals surface area (Å²) in [4.78, 5) is 19.2. The Kier molecular flexibility index (Phi) is 5.11. The van der Waals surface area contributed by atoms with E-state index in [1.54, 1.807) is 36.4 Å². The van der Waals surface area contributed by atoms with Crippen molar-refractivity contribution in [2.75, 3.05) is 6.61 Å². The quantitative estimate of drug-likeness (QED) is 0.649. The second kappa shape index (κ2) is 7.29. The summed E-state index contributed by atoms with van der Waals surface area (Å²) in [5.41, 5.74) is 0.998. The van der Waals surface area contributed by atoms with Gasteiger partial charge in [-0.2, -0.15) is 0 Å². The van der Waals surface area contributed by atoms with Crippen LogP contribution >= 0.6 is 27.5 Å². The van der Waals surface area contributed by atoms with E-state index in [2.05, 4.69) is 25.9 Å². The molecule has 3 rings (SSSR count). The van der Waals surface area contributed by atoms with E-state index < -0.39 is 0 Å². The van der Waals surface area contributed by atoms with Gasteiger partial charge >= 0.3 is 0 Å². The van der Waals surface area contributed by atoms with E-state index in [4.69, 9.17) is 16.3 Å². The molecule has 0 radical (unpaired) electrons. The lowest BCUT2D eigenvalue weighted by atomic mass is 10.2. The number of H-pyrrole nitrogens is 1. The molecule has 0 bridgehead atoms. The molecule has 2 aromatic carbocycles. The van der Waals surface area contributed by atoms with Gasteiger partial charge in [-0.1, -0.05) is 23.7 Å². The number of para-hydroxylation sites is 1. The van der Waals surface area contributed by atoms with Crippen molar-refractivity contribution in [1.82, 2.24) is 9.97 Å². The molecule has 0 fully saturated rings. The zero-order valence-corrected chi connectivity index (χ0v) is 15.6. The van der Waals surface area contributed by atoms with Crippen LogP contribution in [-0.4, -0.2) is 21.7 Å². The number of aromatic nitrogens is 2. The Balaban J connectivity index is 2.06. The van der Waals surface area contributed by atoms with Gasteiger partial charge in [0.25, 0.3) is 5.56 Å². The van der Waals surface area contributed by atoms with E-state index in [9.17, 15) is 9.90 Å². The Bertz CT molecular complexity index is 1030. The smallest absolute Gasteiger partial charge is 0.259 e. The van der Waals surface area contributed by atoms with Crippen molar-refractivity contribution in [2.45, 2.75) is 6.92 Å². The number of fused-ring (bicyclic) bond motifs is 1. The summed E-state index contributed by atoms with van der Waals surface area (Å²) >= 11 is 9.63. The number of nitrogens with zero attached hydrogens (tertiary/aromatic N) is 1. The van der Waals surface area contributed by atoms with Gasteiger partial charge in [0.1, 0.15) is 0 Å². The average molecular weight is 422 g/mol. The summed E-state index contributed by atoms with van der Waals surface area (Å²) in [5.74, 6) is 0.632. The number of nitrogens with one attached hydrogen (secondary N) is 1. The SMILES string of the molecule is CCOc1cc(/C=C(/Cl)c2nc3ccccc3c(=O)[nH]2)cc(Br)c1O. The van der Waals surface area contributed by atoms with Gasteiger partial charge in [-0.25, -0.2) is 4.98 Å². The van der Waals surface area contributed by atoms with Crippen LogP contribution in [0.2, 0.25) is 0 Å². The first-order valence-corrected chi connectivity index (χ1v) is 8.68. The minimum atomic E-state index is -0.256. The monoisotopic (exact) mass is 420 g/mol. The van der Waals surface area contributed by atoms with Crippen molar-refractivity contribution in [3.63, 3.8) is 0 Å². The highest BCUT2D eigenvalue weighted by molar-refractivity contribution is 9.10. The number of hydrogen-bond acceptors (Lipinski definition) is 4. The Labute approximate surface area is 157 Å². The van der Waals surface area contributed by atoms with E-state index >= 15 is 0 Å². The Morgan fingerprint density at radius 3 is 2.92 bits per heavy atom. The molecule has 5 nitrogen and oxygen atoms in total. The molecule has 1 heterocycles. The average Bonchev–Trinajstić information content (AvgIpc) is 2.59. The Morgan fingerprint density at radius 2 is 2.16 bits per heavy atom. The largest absolute Gasteiger partial charge is 0.503 e. The normalized spacial score (nSPS) is 11.7. The maximum absolute atomic E-state index is 12.2. The number of hydrogen-bond donors (Lipinski definition) is 2. The lowest BCUT2D eigenvalue weighted by Crippen LogP contribution is -2.10. The summed E-state index contributed by atoms with van der Waals surface area (Å²) < 4.78 is 5.88. The van der Waals surface area contributed by atoms with Gasteiger partial charge in [0, 0.05) is 0 Å². The van der Waals surface area contributed by atoms with Crippen LogP contribution in [0.15, 0.2) is 45.7 Å². The molecular formula is C18H14BrClN2O3. The zero-order chi connectivity index (χ0) is 18.0. The minimum absolute atomic E-state index is 0.0207. The number of halogens is 2. The van der Waals surface area contributed by atoms with Crippen LogP contribution in [0.1, 0.15) is 18.3 Å². The van der Waals surface area contributed by atoms with Gasteiger partial charge in [-0.3, -0.25) is 4.79 Å². The number of aromatic amines is 1. The van der Waals surface area contributed by atoms with Gasteiger partial charge in [0.15, 0.2) is 17.3 Å². The molecule has 0 spiro atoms. The molecule has 0 amide bonds. The van der Waals surface area contributed by atoms with E-state index in [0.717, 1.165) is 0 Å². The molecular weight excluding hydrogens is 408 g/mol. The van der Waals surface area contributed by atoms with Gasteiger partial charge in [0.2, 0.25) is 0 Å². The van der Waals surface area contributed by atoms with E-state index in [1.807, 2.05) is 13.0 Å². The topological polar surface area (TPSA) is 75.2 Å². The van der Waals surface area contributed by atoms with Crippen LogP contribution in [-0.2, 0) is 0 Å². The van der Waals surface area contributed by atoms with Crippen LogP contribution < -0.4 is 10.3 Å². The lowest BCUT2D eigenvalue weighted by Gasteiger charge is -2.09. The number of rotatable bonds is 4. The molecule has 25 heavy (non-hydrogen) atoms. The van der Waals surface area contributed by atoms with Crippen molar-refractivity contribution in [3.8, 4) is 11.5 Å². The molecule has 7 heteroatoms. The van der Waals surface area contributed by atoms with Gasteiger partial charge < -0.3 is 14.8 Å². The molecule has 0 saturated heterocycles. The third-order valence-electron chi connectivity index (χ3n) is 3.48. The number of phenols is 1. The minimum Gasteiger partial charge on any atom is -0.503 e. The number of aromatic hydroxyl groups is 1. The van der Waals surface area contributed by atoms with Gasteiger partial charge in [-0.05, 0) is 58.8 Å². The number of phenolic OH excluding ortho intramolecular Hbond substituents is 1. The molecule has 0 aliphatic heterocycles. The molecule has 3 aromatic rings. The summed E-state index contributed by atoms with van der Waals surface area (Å²) in [7, 11) is 0.